The van der Waals surface area contributed by atoms with Crippen LogP contribution in [0.25, 0.3) is 0 Å². The molecule has 3 nitrogen and oxygen atoms in total. The highest BCUT2D eigenvalue weighted by atomic mass is 16.5. The standard InChI is InChI=1S/C10H13BO3/c1-3-5-10(6-12)8(13)7(4-2)9(11)14-10/h4,7-9,12-13H,2,6H2,1H3/t7-,8-,9-,10-/m1/s1. The molecule has 2 radical (unpaired) electrons. The number of rotatable bonds is 2. The van der Waals surface area contributed by atoms with Crippen LogP contribution in [0.2, 0.25) is 0 Å². The van der Waals surface area contributed by atoms with Crippen molar-refractivity contribution in [3.05, 3.63) is 12.7 Å². The Bertz CT molecular complexity index is 281. The van der Waals surface area contributed by atoms with Gasteiger partial charge in [0, 0.05) is 11.9 Å². The molecule has 1 aliphatic rings. The van der Waals surface area contributed by atoms with Gasteiger partial charge in [0.2, 0.25) is 0 Å². The first kappa shape index (κ1) is 11.3. The van der Waals surface area contributed by atoms with Crippen molar-refractivity contribution >= 4 is 7.85 Å². The highest BCUT2D eigenvalue weighted by molar-refractivity contribution is 6.11. The summed E-state index contributed by atoms with van der Waals surface area (Å²) in [5.41, 5.74) is -1.26. The molecule has 0 bridgehead atoms. The average molecular weight is 192 g/mol. The van der Waals surface area contributed by atoms with E-state index >= 15 is 0 Å². The zero-order chi connectivity index (χ0) is 10.8. The molecular formula is C10H13BO3. The van der Waals surface area contributed by atoms with Crippen LogP contribution < -0.4 is 0 Å². The Kier molecular flexibility index (Phi) is 3.38. The molecule has 74 valence electrons. The van der Waals surface area contributed by atoms with Gasteiger partial charge in [-0.25, -0.2) is 0 Å². The zero-order valence-electron chi connectivity index (χ0n) is 8.10. The summed E-state index contributed by atoms with van der Waals surface area (Å²) in [5, 5.41) is 19.0. The monoisotopic (exact) mass is 192 g/mol. The lowest BCUT2D eigenvalue weighted by atomic mass is 9.82. The minimum Gasteiger partial charge on any atom is -0.392 e. The number of hydrogen-bond acceptors (Lipinski definition) is 3. The summed E-state index contributed by atoms with van der Waals surface area (Å²) < 4.78 is 5.29. The molecule has 0 spiro atoms. The molecule has 4 atom stereocenters. The van der Waals surface area contributed by atoms with Gasteiger partial charge in [-0.3, -0.25) is 0 Å². The second kappa shape index (κ2) is 4.18. The zero-order valence-corrected chi connectivity index (χ0v) is 8.10. The molecule has 0 aromatic heterocycles. The second-order valence-corrected chi connectivity index (χ2v) is 3.26. The molecule has 1 saturated heterocycles. The summed E-state index contributed by atoms with van der Waals surface area (Å²) in [6, 6.07) is -0.671. The number of aliphatic hydroxyl groups is 2. The van der Waals surface area contributed by atoms with Crippen LogP contribution in [0.1, 0.15) is 6.92 Å². The SMILES string of the molecule is [B][C@@H]1O[C@](C#CC)(CO)[C@H](O)[C@H]1C=C. The van der Waals surface area contributed by atoms with Crippen molar-refractivity contribution in [2.24, 2.45) is 5.92 Å². The van der Waals surface area contributed by atoms with Crippen molar-refractivity contribution in [2.45, 2.75) is 24.6 Å². The lowest BCUT2D eigenvalue weighted by molar-refractivity contribution is -0.0562. The molecule has 0 amide bonds. The van der Waals surface area contributed by atoms with Crippen molar-refractivity contribution in [3.8, 4) is 11.8 Å². The van der Waals surface area contributed by atoms with E-state index in [4.69, 9.17) is 12.6 Å². The van der Waals surface area contributed by atoms with Crippen molar-refractivity contribution in [2.75, 3.05) is 6.61 Å². The first-order valence-electron chi connectivity index (χ1n) is 4.40. The first-order chi connectivity index (χ1) is 6.61. The molecule has 0 aromatic carbocycles. The van der Waals surface area contributed by atoms with Crippen LogP contribution in [0, 0.1) is 17.8 Å². The smallest absolute Gasteiger partial charge is 0.176 e. The van der Waals surface area contributed by atoms with E-state index in [0.29, 0.717) is 0 Å². The van der Waals surface area contributed by atoms with Crippen LogP contribution in [0.3, 0.4) is 0 Å². The molecule has 14 heavy (non-hydrogen) atoms. The Balaban J connectivity index is 3.00. The van der Waals surface area contributed by atoms with Crippen LogP contribution in [-0.4, -0.2) is 42.4 Å². The van der Waals surface area contributed by atoms with Crippen LogP contribution in [0.5, 0.6) is 0 Å². The van der Waals surface area contributed by atoms with Gasteiger partial charge in [-0.2, -0.15) is 0 Å². The van der Waals surface area contributed by atoms with E-state index in [1.807, 2.05) is 0 Å². The number of hydrogen-bond donors (Lipinski definition) is 2. The molecule has 2 N–H and O–H groups in total. The van der Waals surface area contributed by atoms with Crippen LogP contribution in [-0.2, 0) is 4.74 Å². The van der Waals surface area contributed by atoms with Gasteiger partial charge in [-0.1, -0.05) is 12.0 Å². The maximum atomic E-state index is 9.86. The fourth-order valence-corrected chi connectivity index (χ4v) is 1.63. The maximum Gasteiger partial charge on any atom is 0.176 e. The molecule has 0 aliphatic carbocycles. The lowest BCUT2D eigenvalue weighted by Gasteiger charge is -2.24. The van der Waals surface area contributed by atoms with E-state index in [0.717, 1.165) is 0 Å². The molecular weight excluding hydrogens is 179 g/mol. The second-order valence-electron chi connectivity index (χ2n) is 3.26. The van der Waals surface area contributed by atoms with Gasteiger partial charge < -0.3 is 14.9 Å². The van der Waals surface area contributed by atoms with Crippen molar-refractivity contribution < 1.29 is 14.9 Å². The average Bonchev–Trinajstić information content (AvgIpc) is 2.40. The molecule has 4 heteroatoms. The predicted octanol–water partition coefficient (Wildman–Crippen LogP) is -0.571. The maximum absolute atomic E-state index is 9.86. The van der Waals surface area contributed by atoms with E-state index in [1.165, 1.54) is 6.08 Å². The van der Waals surface area contributed by atoms with Crippen molar-refractivity contribution in [3.63, 3.8) is 0 Å². The van der Waals surface area contributed by atoms with Gasteiger partial charge in [-0.15, -0.1) is 12.5 Å². The predicted molar refractivity (Wildman–Crippen MR) is 53.6 cm³/mol. The van der Waals surface area contributed by atoms with Crippen molar-refractivity contribution in [1.82, 2.24) is 0 Å². The highest BCUT2D eigenvalue weighted by Crippen LogP contribution is 2.34. The Hall–Kier alpha value is -0.755. The molecule has 1 aliphatic heterocycles. The summed E-state index contributed by atoms with van der Waals surface area (Å²) in [6.07, 6.45) is 0.580. The minimum absolute atomic E-state index is 0.382. The van der Waals surface area contributed by atoms with Crippen LogP contribution >= 0.6 is 0 Å². The van der Waals surface area contributed by atoms with Gasteiger partial charge in [-0.05, 0) is 6.92 Å². The summed E-state index contributed by atoms with van der Waals surface area (Å²) in [7, 11) is 5.63. The highest BCUT2D eigenvalue weighted by Gasteiger charge is 2.50. The molecule has 0 saturated carbocycles. The Morgan fingerprint density at radius 1 is 1.71 bits per heavy atom. The van der Waals surface area contributed by atoms with Gasteiger partial charge in [0.1, 0.15) is 14.0 Å². The molecule has 1 fully saturated rings. The Morgan fingerprint density at radius 2 is 2.36 bits per heavy atom. The molecule has 1 heterocycles. The minimum atomic E-state index is -1.26. The first-order valence-corrected chi connectivity index (χ1v) is 4.40. The third-order valence-electron chi connectivity index (χ3n) is 2.41. The molecule has 1 rings (SSSR count). The molecule has 0 aromatic rings. The fourth-order valence-electron chi connectivity index (χ4n) is 1.63. The summed E-state index contributed by atoms with van der Waals surface area (Å²) >= 11 is 0. The normalized spacial score (nSPS) is 41.5. The largest absolute Gasteiger partial charge is 0.392 e. The lowest BCUT2D eigenvalue weighted by Crippen LogP contribution is -2.43. The van der Waals surface area contributed by atoms with E-state index < -0.39 is 23.6 Å². The Morgan fingerprint density at radius 3 is 2.71 bits per heavy atom. The van der Waals surface area contributed by atoms with Crippen LogP contribution in [0.4, 0.5) is 0 Å². The van der Waals surface area contributed by atoms with Gasteiger partial charge in [0.15, 0.2) is 5.60 Å². The fraction of sp³-hybridized carbons (Fsp3) is 0.600. The van der Waals surface area contributed by atoms with E-state index in [-0.39, 0.29) is 6.61 Å². The van der Waals surface area contributed by atoms with Gasteiger partial charge in [0.25, 0.3) is 0 Å². The number of ether oxygens (including phenoxy) is 1. The van der Waals surface area contributed by atoms with Crippen molar-refractivity contribution in [1.29, 1.82) is 0 Å². The van der Waals surface area contributed by atoms with E-state index in [2.05, 4.69) is 18.4 Å². The third kappa shape index (κ3) is 1.59. The Labute approximate surface area is 85.2 Å². The molecule has 0 unspecified atom stereocenters. The summed E-state index contributed by atoms with van der Waals surface area (Å²) in [4.78, 5) is 0. The summed E-state index contributed by atoms with van der Waals surface area (Å²) in [6.45, 7) is 4.78. The topological polar surface area (TPSA) is 49.7 Å². The third-order valence-corrected chi connectivity index (χ3v) is 2.41. The quantitative estimate of drug-likeness (QED) is 0.350. The summed E-state index contributed by atoms with van der Waals surface area (Å²) in [5.74, 6) is 4.86. The van der Waals surface area contributed by atoms with E-state index in [1.54, 1.807) is 6.92 Å². The van der Waals surface area contributed by atoms with E-state index in [9.17, 15) is 10.2 Å². The number of aliphatic hydroxyl groups excluding tert-OH is 2. The van der Waals surface area contributed by atoms with Crippen LogP contribution in [0.15, 0.2) is 12.7 Å². The van der Waals surface area contributed by atoms with Gasteiger partial charge in [0.05, 0.1) is 6.61 Å². The van der Waals surface area contributed by atoms with Gasteiger partial charge >= 0.3 is 0 Å².